The van der Waals surface area contributed by atoms with Crippen LogP contribution in [0.4, 0.5) is 10.5 Å². The first-order chi connectivity index (χ1) is 15.3. The van der Waals surface area contributed by atoms with Crippen molar-refractivity contribution in [1.82, 2.24) is 20.9 Å². The van der Waals surface area contributed by atoms with Crippen LogP contribution in [0.1, 0.15) is 27.2 Å². The van der Waals surface area contributed by atoms with Gasteiger partial charge in [0.15, 0.2) is 5.96 Å². The number of amides is 1. The second-order valence-electron chi connectivity index (χ2n) is 8.73. The number of benzene rings is 1. The highest BCUT2D eigenvalue weighted by molar-refractivity contribution is 5.79. The van der Waals surface area contributed by atoms with E-state index in [9.17, 15) is 4.79 Å². The van der Waals surface area contributed by atoms with E-state index in [1.54, 1.807) is 14.2 Å². The van der Waals surface area contributed by atoms with Crippen molar-refractivity contribution in [1.29, 1.82) is 0 Å². The summed E-state index contributed by atoms with van der Waals surface area (Å²) in [6.07, 6.45) is 0.633. The molecule has 2 rings (SSSR count). The normalized spacial score (nSPS) is 15.3. The molecule has 0 atom stereocenters. The van der Waals surface area contributed by atoms with Crippen molar-refractivity contribution in [2.75, 3.05) is 71.4 Å². The molecule has 32 heavy (non-hydrogen) atoms. The van der Waals surface area contributed by atoms with Crippen molar-refractivity contribution in [2.24, 2.45) is 4.99 Å². The van der Waals surface area contributed by atoms with E-state index in [4.69, 9.17) is 9.47 Å². The second kappa shape index (κ2) is 13.0. The van der Waals surface area contributed by atoms with Crippen LogP contribution in [0.5, 0.6) is 5.75 Å². The summed E-state index contributed by atoms with van der Waals surface area (Å²) in [5, 5.41) is 9.25. The minimum atomic E-state index is -0.489. The molecule has 0 spiro atoms. The average molecular weight is 449 g/mol. The third-order valence-electron chi connectivity index (χ3n) is 5.06. The zero-order valence-electron chi connectivity index (χ0n) is 20.2. The van der Waals surface area contributed by atoms with E-state index >= 15 is 0 Å². The fourth-order valence-electron chi connectivity index (χ4n) is 3.41. The number of carbonyl (C=O) groups is 1. The van der Waals surface area contributed by atoms with Crippen LogP contribution in [0.3, 0.4) is 0 Å². The highest BCUT2D eigenvalue weighted by atomic mass is 16.6. The van der Waals surface area contributed by atoms with Gasteiger partial charge in [0.1, 0.15) is 11.4 Å². The number of carbonyl (C=O) groups excluding carboxylic acids is 1. The van der Waals surface area contributed by atoms with Crippen molar-refractivity contribution in [2.45, 2.75) is 32.8 Å². The molecule has 1 aliphatic rings. The van der Waals surface area contributed by atoms with Gasteiger partial charge in [-0.15, -0.1) is 0 Å². The van der Waals surface area contributed by atoms with Crippen LogP contribution in [0, 0.1) is 0 Å². The van der Waals surface area contributed by atoms with Gasteiger partial charge in [0, 0.05) is 58.5 Å². The molecule has 0 radical (unpaired) electrons. The summed E-state index contributed by atoms with van der Waals surface area (Å²) in [7, 11) is 3.44. The summed E-state index contributed by atoms with van der Waals surface area (Å²) in [4.78, 5) is 20.8. The van der Waals surface area contributed by atoms with E-state index in [0.29, 0.717) is 13.1 Å². The molecule has 9 nitrogen and oxygen atoms in total. The molecule has 1 aromatic rings. The van der Waals surface area contributed by atoms with Crippen LogP contribution in [0.25, 0.3) is 0 Å². The molecule has 1 amide bonds. The van der Waals surface area contributed by atoms with Crippen molar-refractivity contribution < 1.29 is 14.3 Å². The van der Waals surface area contributed by atoms with Crippen LogP contribution >= 0.6 is 0 Å². The molecule has 1 aromatic carbocycles. The predicted octanol–water partition coefficient (Wildman–Crippen LogP) is 1.90. The highest BCUT2D eigenvalue weighted by Crippen LogP contribution is 2.20. The van der Waals surface area contributed by atoms with Crippen LogP contribution in [-0.4, -0.2) is 89.1 Å². The number of guanidine groups is 1. The standard InChI is InChI=1S/C23H40N6O3/c1-23(2,3)32-22(30)27-13-12-26-21(24-4)25-11-6-14-28-15-17-29(18-16-28)19-7-9-20(31-5)10-8-19/h7-10H,6,11-18H2,1-5H3,(H,27,30)(H2,24,25,26). The zero-order chi connectivity index (χ0) is 23.4. The van der Waals surface area contributed by atoms with Gasteiger partial charge < -0.3 is 30.3 Å². The lowest BCUT2D eigenvalue weighted by Gasteiger charge is -2.36. The van der Waals surface area contributed by atoms with Crippen LogP contribution < -0.4 is 25.6 Å². The Morgan fingerprint density at radius 2 is 1.62 bits per heavy atom. The molecule has 0 saturated carbocycles. The molecule has 9 heteroatoms. The minimum absolute atomic E-state index is 0.408. The van der Waals surface area contributed by atoms with Crippen molar-refractivity contribution in [3.8, 4) is 5.75 Å². The Morgan fingerprint density at radius 3 is 2.22 bits per heavy atom. The zero-order valence-corrected chi connectivity index (χ0v) is 20.2. The SMILES string of the molecule is CN=C(NCCCN1CCN(c2ccc(OC)cc2)CC1)NCCNC(=O)OC(C)(C)C. The summed E-state index contributed by atoms with van der Waals surface area (Å²) in [6.45, 7) is 12.7. The number of hydrogen-bond donors (Lipinski definition) is 3. The number of rotatable bonds is 9. The van der Waals surface area contributed by atoms with Gasteiger partial charge in [0.05, 0.1) is 7.11 Å². The predicted molar refractivity (Wildman–Crippen MR) is 130 cm³/mol. The molecule has 0 unspecified atom stereocenters. The maximum Gasteiger partial charge on any atom is 0.407 e. The fraction of sp³-hybridized carbons (Fsp3) is 0.652. The summed E-state index contributed by atoms with van der Waals surface area (Å²) in [5.41, 5.74) is 0.764. The molecule has 0 aliphatic carbocycles. The van der Waals surface area contributed by atoms with E-state index < -0.39 is 11.7 Å². The Bertz CT molecular complexity index is 709. The van der Waals surface area contributed by atoms with E-state index in [2.05, 4.69) is 42.9 Å². The number of aliphatic imine (C=N–C) groups is 1. The molecule has 1 heterocycles. The van der Waals surface area contributed by atoms with Gasteiger partial charge in [0.25, 0.3) is 0 Å². The number of hydrogen-bond acceptors (Lipinski definition) is 6. The number of ether oxygens (including phenoxy) is 2. The Labute approximate surface area is 192 Å². The van der Waals surface area contributed by atoms with Gasteiger partial charge in [-0.1, -0.05) is 0 Å². The van der Waals surface area contributed by atoms with Gasteiger partial charge in [-0.2, -0.15) is 0 Å². The molecule has 1 aliphatic heterocycles. The van der Waals surface area contributed by atoms with Crippen LogP contribution in [0.2, 0.25) is 0 Å². The molecular formula is C23H40N6O3. The van der Waals surface area contributed by atoms with Crippen LogP contribution in [0.15, 0.2) is 29.3 Å². The Morgan fingerprint density at radius 1 is 1.00 bits per heavy atom. The minimum Gasteiger partial charge on any atom is -0.497 e. The second-order valence-corrected chi connectivity index (χ2v) is 8.73. The quantitative estimate of drug-likeness (QED) is 0.302. The molecular weight excluding hydrogens is 408 g/mol. The van der Waals surface area contributed by atoms with E-state index in [1.807, 2.05) is 32.9 Å². The molecule has 180 valence electrons. The number of anilines is 1. The maximum absolute atomic E-state index is 11.6. The lowest BCUT2D eigenvalue weighted by Crippen LogP contribution is -2.47. The van der Waals surface area contributed by atoms with Crippen molar-refractivity contribution in [3.63, 3.8) is 0 Å². The first-order valence-corrected chi connectivity index (χ1v) is 11.3. The number of piperazine rings is 1. The van der Waals surface area contributed by atoms with Gasteiger partial charge >= 0.3 is 6.09 Å². The number of nitrogens with one attached hydrogen (secondary N) is 3. The van der Waals surface area contributed by atoms with Crippen molar-refractivity contribution in [3.05, 3.63) is 24.3 Å². The lowest BCUT2D eigenvalue weighted by atomic mass is 10.2. The Hall–Kier alpha value is -2.68. The smallest absolute Gasteiger partial charge is 0.407 e. The van der Waals surface area contributed by atoms with Crippen molar-refractivity contribution >= 4 is 17.7 Å². The molecule has 1 fully saturated rings. The van der Waals surface area contributed by atoms with Gasteiger partial charge in [0.2, 0.25) is 0 Å². The molecule has 1 saturated heterocycles. The Kier molecular flexibility index (Phi) is 10.4. The molecule has 3 N–H and O–H groups in total. The third-order valence-corrected chi connectivity index (χ3v) is 5.06. The van der Waals surface area contributed by atoms with Gasteiger partial charge in [-0.3, -0.25) is 9.89 Å². The van der Waals surface area contributed by atoms with Gasteiger partial charge in [-0.25, -0.2) is 4.79 Å². The fourth-order valence-corrected chi connectivity index (χ4v) is 3.41. The highest BCUT2D eigenvalue weighted by Gasteiger charge is 2.17. The average Bonchev–Trinajstić information content (AvgIpc) is 2.77. The third kappa shape index (κ3) is 9.64. The lowest BCUT2D eigenvalue weighted by molar-refractivity contribution is 0.0529. The topological polar surface area (TPSA) is 90.5 Å². The first kappa shape index (κ1) is 25.6. The summed E-state index contributed by atoms with van der Waals surface area (Å²) < 4.78 is 10.5. The largest absolute Gasteiger partial charge is 0.497 e. The van der Waals surface area contributed by atoms with E-state index in [1.165, 1.54) is 5.69 Å². The number of methoxy groups -OCH3 is 1. The summed E-state index contributed by atoms with van der Waals surface area (Å²) in [5.74, 6) is 1.63. The van der Waals surface area contributed by atoms with E-state index in [0.717, 1.165) is 57.4 Å². The van der Waals surface area contributed by atoms with Gasteiger partial charge in [-0.05, 0) is 58.0 Å². The molecule has 0 aromatic heterocycles. The summed E-state index contributed by atoms with van der Waals surface area (Å²) >= 11 is 0. The first-order valence-electron chi connectivity index (χ1n) is 11.3. The Balaban J connectivity index is 1.55. The number of alkyl carbamates (subject to hydrolysis) is 1. The monoisotopic (exact) mass is 448 g/mol. The molecule has 0 bridgehead atoms. The van der Waals surface area contributed by atoms with Crippen LogP contribution in [-0.2, 0) is 4.74 Å². The van der Waals surface area contributed by atoms with E-state index in [-0.39, 0.29) is 0 Å². The summed E-state index contributed by atoms with van der Waals surface area (Å²) in [6, 6.07) is 8.28. The maximum atomic E-state index is 11.6. The number of nitrogens with zero attached hydrogens (tertiary/aromatic N) is 3.